The topological polar surface area (TPSA) is 130 Å². The van der Waals surface area contributed by atoms with Crippen LogP contribution in [0, 0.1) is 6.92 Å². The number of carbonyl (C=O) groups is 1. The molecular weight excluding hydrogens is 386 g/mol. The van der Waals surface area contributed by atoms with Gasteiger partial charge in [-0.15, -0.1) is 0 Å². The number of nitrogens with one attached hydrogen (secondary N) is 3. The van der Waals surface area contributed by atoms with Crippen molar-refractivity contribution in [2.45, 2.75) is 26.3 Å². The van der Waals surface area contributed by atoms with Crippen LogP contribution in [0.4, 0.5) is 5.82 Å². The quantitative estimate of drug-likeness (QED) is 0.440. The van der Waals surface area contributed by atoms with E-state index in [1.807, 2.05) is 43.3 Å². The number of H-pyrrole nitrogens is 2. The lowest BCUT2D eigenvalue weighted by molar-refractivity contribution is -0.116. The number of fused-ring (bicyclic) bond motifs is 1. The van der Waals surface area contributed by atoms with Gasteiger partial charge in [0, 0.05) is 26.0 Å². The molecule has 3 N–H and O–H groups in total. The lowest BCUT2D eigenvalue weighted by Gasteiger charge is -2.09. The van der Waals surface area contributed by atoms with Crippen molar-refractivity contribution in [1.29, 1.82) is 0 Å². The van der Waals surface area contributed by atoms with Crippen molar-refractivity contribution in [3.05, 3.63) is 74.3 Å². The van der Waals surface area contributed by atoms with E-state index in [0.717, 1.165) is 11.3 Å². The van der Waals surface area contributed by atoms with Crippen molar-refractivity contribution in [3.8, 4) is 0 Å². The molecule has 4 rings (SSSR count). The summed E-state index contributed by atoms with van der Waals surface area (Å²) in [4.78, 5) is 45.4. The molecule has 3 heterocycles. The van der Waals surface area contributed by atoms with E-state index in [2.05, 4.69) is 25.4 Å². The summed E-state index contributed by atoms with van der Waals surface area (Å²) >= 11 is 0. The van der Waals surface area contributed by atoms with E-state index in [9.17, 15) is 14.4 Å². The average Bonchev–Trinajstić information content (AvgIpc) is 3.29. The fourth-order valence-electron chi connectivity index (χ4n) is 3.23. The second-order valence-corrected chi connectivity index (χ2v) is 7.06. The Kier molecular flexibility index (Phi) is 5.05. The summed E-state index contributed by atoms with van der Waals surface area (Å²) in [6.07, 6.45) is 0.446. The zero-order valence-corrected chi connectivity index (χ0v) is 16.6. The van der Waals surface area contributed by atoms with Gasteiger partial charge in [0.2, 0.25) is 5.91 Å². The Hall–Kier alpha value is -3.95. The van der Waals surface area contributed by atoms with Gasteiger partial charge in [-0.2, -0.15) is 5.10 Å². The van der Waals surface area contributed by atoms with Gasteiger partial charge in [0.05, 0.1) is 12.2 Å². The van der Waals surface area contributed by atoms with Crippen LogP contribution < -0.4 is 16.6 Å². The van der Waals surface area contributed by atoms with Crippen LogP contribution in [0.5, 0.6) is 0 Å². The second-order valence-electron chi connectivity index (χ2n) is 7.06. The number of rotatable bonds is 6. The van der Waals surface area contributed by atoms with E-state index in [4.69, 9.17) is 0 Å². The van der Waals surface area contributed by atoms with Crippen LogP contribution in [0.1, 0.15) is 23.5 Å². The van der Waals surface area contributed by atoms with Crippen LogP contribution in [-0.2, 0) is 24.8 Å². The molecule has 0 aliphatic rings. The molecule has 1 aromatic carbocycles. The average molecular weight is 407 g/mol. The van der Waals surface area contributed by atoms with Gasteiger partial charge < -0.3 is 10.3 Å². The summed E-state index contributed by atoms with van der Waals surface area (Å²) in [6.45, 7) is 2.41. The summed E-state index contributed by atoms with van der Waals surface area (Å²) in [6, 6.07) is 11.7. The molecule has 0 atom stereocenters. The number of amides is 1. The highest BCUT2D eigenvalue weighted by molar-refractivity contribution is 5.90. The molecule has 0 saturated heterocycles. The molecule has 0 radical (unpaired) electrons. The number of imidazole rings is 1. The maximum atomic E-state index is 12.5. The molecule has 1 amide bonds. The molecule has 3 aromatic heterocycles. The van der Waals surface area contributed by atoms with Gasteiger partial charge in [0.15, 0.2) is 5.65 Å². The lowest BCUT2D eigenvalue weighted by Crippen LogP contribution is -2.28. The summed E-state index contributed by atoms with van der Waals surface area (Å²) in [5, 5.41) is 7.33. The molecule has 0 saturated carbocycles. The first-order valence-corrected chi connectivity index (χ1v) is 9.47. The Morgan fingerprint density at radius 2 is 1.93 bits per heavy atom. The summed E-state index contributed by atoms with van der Waals surface area (Å²) in [5.74, 6) is 0.873. The van der Waals surface area contributed by atoms with E-state index in [1.165, 1.54) is 11.6 Å². The molecule has 0 bridgehead atoms. The Morgan fingerprint density at radius 3 is 2.70 bits per heavy atom. The minimum atomic E-state index is -0.537. The summed E-state index contributed by atoms with van der Waals surface area (Å²) < 4.78 is 3.00. The molecule has 0 spiro atoms. The van der Waals surface area contributed by atoms with Gasteiger partial charge in [-0.05, 0) is 12.5 Å². The lowest BCUT2D eigenvalue weighted by atomic mass is 10.2. The molecule has 0 unspecified atom stereocenters. The number of anilines is 1. The van der Waals surface area contributed by atoms with E-state index < -0.39 is 11.2 Å². The maximum Gasteiger partial charge on any atom is 0.329 e. The number of benzene rings is 1. The third-order valence-corrected chi connectivity index (χ3v) is 4.74. The molecule has 30 heavy (non-hydrogen) atoms. The largest absolute Gasteiger partial charge is 0.336 e. The molecule has 154 valence electrons. The normalized spacial score (nSPS) is 11.1. The monoisotopic (exact) mass is 407 g/mol. The number of carbonyl (C=O) groups excluding carboxylic acids is 1. The van der Waals surface area contributed by atoms with Crippen LogP contribution in [0.15, 0.2) is 46.0 Å². The van der Waals surface area contributed by atoms with E-state index in [1.54, 1.807) is 4.68 Å². The van der Waals surface area contributed by atoms with Crippen molar-refractivity contribution in [2.24, 2.45) is 7.05 Å². The van der Waals surface area contributed by atoms with Crippen LogP contribution in [0.2, 0.25) is 0 Å². The summed E-state index contributed by atoms with van der Waals surface area (Å²) in [5.41, 5.74) is 1.29. The van der Waals surface area contributed by atoms with Crippen molar-refractivity contribution >= 4 is 22.9 Å². The fourth-order valence-corrected chi connectivity index (χ4v) is 3.23. The Bertz CT molecular complexity index is 1330. The van der Waals surface area contributed by atoms with Gasteiger partial charge in [-0.25, -0.2) is 14.5 Å². The van der Waals surface area contributed by atoms with Crippen molar-refractivity contribution in [3.63, 3.8) is 0 Å². The van der Waals surface area contributed by atoms with Gasteiger partial charge in [-0.3, -0.25) is 19.1 Å². The molecule has 4 aromatic rings. The third-order valence-electron chi connectivity index (χ3n) is 4.74. The fraction of sp³-hybridized carbons (Fsp3) is 0.250. The number of hydrogen-bond donors (Lipinski definition) is 3. The van der Waals surface area contributed by atoms with Gasteiger partial charge >= 0.3 is 5.69 Å². The van der Waals surface area contributed by atoms with Gasteiger partial charge in [0.25, 0.3) is 5.56 Å². The van der Waals surface area contributed by atoms with Gasteiger partial charge in [-0.1, -0.05) is 30.3 Å². The first-order valence-electron chi connectivity index (χ1n) is 9.47. The number of aromatic amines is 2. The van der Waals surface area contributed by atoms with E-state index >= 15 is 0 Å². The SMILES string of the molecule is Cc1cc(NC(=O)CCc2nc3c([nH]2)c(=O)[nH]c(=O)n3C)n(Cc2ccccc2)n1. The van der Waals surface area contributed by atoms with Gasteiger partial charge in [0.1, 0.15) is 17.2 Å². The van der Waals surface area contributed by atoms with Crippen LogP contribution in [0.3, 0.4) is 0 Å². The molecule has 0 fully saturated rings. The predicted molar refractivity (Wildman–Crippen MR) is 111 cm³/mol. The van der Waals surface area contributed by atoms with Crippen LogP contribution in [-0.4, -0.2) is 35.2 Å². The third kappa shape index (κ3) is 3.93. The Balaban J connectivity index is 1.45. The molecule has 10 nitrogen and oxygen atoms in total. The number of hydrogen-bond acceptors (Lipinski definition) is 5. The number of nitrogens with zero attached hydrogens (tertiary/aromatic N) is 4. The standard InChI is InChI=1S/C20H21N7O3/c1-12-10-15(27(25-12)11-13-6-4-3-5-7-13)23-16(28)9-8-14-21-17-18(22-14)26(2)20(30)24-19(17)29/h3-7,10H,8-9,11H2,1-2H3,(H,21,22)(H,23,28)(H,24,29,30). The predicted octanol–water partition coefficient (Wildman–Crippen LogP) is 1.07. The number of aromatic nitrogens is 6. The zero-order chi connectivity index (χ0) is 21.3. The van der Waals surface area contributed by atoms with Crippen LogP contribution >= 0.6 is 0 Å². The van der Waals surface area contributed by atoms with Crippen molar-refractivity contribution in [1.82, 2.24) is 29.3 Å². The smallest absolute Gasteiger partial charge is 0.329 e. The maximum absolute atomic E-state index is 12.5. The molecule has 10 heteroatoms. The highest BCUT2D eigenvalue weighted by Crippen LogP contribution is 2.14. The first-order chi connectivity index (χ1) is 14.4. The van der Waals surface area contributed by atoms with Crippen LogP contribution in [0.25, 0.3) is 11.2 Å². The Labute approximate surface area is 170 Å². The second kappa shape index (κ2) is 7.82. The van der Waals surface area contributed by atoms with E-state index in [0.29, 0.717) is 24.6 Å². The summed E-state index contributed by atoms with van der Waals surface area (Å²) in [7, 11) is 1.52. The zero-order valence-electron chi connectivity index (χ0n) is 16.6. The molecule has 0 aliphatic carbocycles. The van der Waals surface area contributed by atoms with Crippen molar-refractivity contribution in [2.75, 3.05) is 5.32 Å². The van der Waals surface area contributed by atoms with Crippen molar-refractivity contribution < 1.29 is 4.79 Å². The minimum Gasteiger partial charge on any atom is -0.336 e. The molecule has 0 aliphatic heterocycles. The highest BCUT2D eigenvalue weighted by atomic mass is 16.2. The Morgan fingerprint density at radius 1 is 1.17 bits per heavy atom. The first kappa shape index (κ1) is 19.4. The highest BCUT2D eigenvalue weighted by Gasteiger charge is 2.14. The van der Waals surface area contributed by atoms with E-state index in [-0.39, 0.29) is 23.5 Å². The minimum absolute atomic E-state index is 0.154. The molecular formula is C20H21N7O3. The number of aryl methyl sites for hydroxylation is 3.